The predicted octanol–water partition coefficient (Wildman–Crippen LogP) is 16.4. The summed E-state index contributed by atoms with van der Waals surface area (Å²) >= 11 is 0. The first-order chi connectivity index (χ1) is 30.5. The Morgan fingerprint density at radius 2 is 0.710 bits per heavy atom. The van der Waals surface area contributed by atoms with Gasteiger partial charge in [-0.25, -0.2) is 0 Å². The topological polar surface area (TPSA) is 78.9 Å². The summed E-state index contributed by atoms with van der Waals surface area (Å²) in [7, 11) is 0. The lowest BCUT2D eigenvalue weighted by Crippen LogP contribution is -2.30. The molecule has 0 saturated carbocycles. The summed E-state index contributed by atoms with van der Waals surface area (Å²) in [6.45, 7) is 6.37. The van der Waals surface area contributed by atoms with E-state index in [1.54, 1.807) is 0 Å². The average Bonchev–Trinajstić information content (AvgIpc) is 3.27. The van der Waals surface area contributed by atoms with Gasteiger partial charge in [-0.05, 0) is 70.6 Å². The minimum absolute atomic E-state index is 0.113. The van der Waals surface area contributed by atoms with E-state index in [9.17, 15) is 14.4 Å². The van der Waals surface area contributed by atoms with Crippen molar-refractivity contribution in [3.63, 3.8) is 0 Å². The van der Waals surface area contributed by atoms with Gasteiger partial charge in [-0.3, -0.25) is 14.4 Å². The van der Waals surface area contributed by atoms with Gasteiger partial charge in [0, 0.05) is 19.3 Å². The van der Waals surface area contributed by atoms with Gasteiger partial charge in [0.25, 0.3) is 0 Å². The fourth-order valence-electron chi connectivity index (χ4n) is 6.43. The van der Waals surface area contributed by atoms with Crippen LogP contribution in [0.25, 0.3) is 0 Å². The molecule has 0 rings (SSSR count). The van der Waals surface area contributed by atoms with Crippen LogP contribution in [0.1, 0.15) is 207 Å². The first-order valence-electron chi connectivity index (χ1n) is 25.0. The third-order valence-corrected chi connectivity index (χ3v) is 10.2. The highest BCUT2D eigenvalue weighted by Gasteiger charge is 2.19. The number of esters is 3. The van der Waals surface area contributed by atoms with Crippen LogP contribution in [0.5, 0.6) is 0 Å². The molecule has 0 radical (unpaired) electrons. The van der Waals surface area contributed by atoms with Crippen molar-refractivity contribution in [2.75, 3.05) is 13.2 Å². The predicted molar refractivity (Wildman–Crippen MR) is 265 cm³/mol. The van der Waals surface area contributed by atoms with Crippen LogP contribution in [0.4, 0.5) is 0 Å². The molecule has 0 aromatic carbocycles. The standard InChI is InChI=1S/C56H90O6/c1-4-7-10-13-16-19-22-24-26-28-30-32-34-37-40-43-46-49-55(58)61-52-53(51-60-54(57)48-45-42-39-36-21-18-15-12-9-6-3)62-56(59)50-47-44-41-38-35-33-31-29-27-25-23-20-17-14-11-8-5-2/h7,10,13,16,19,22,24-28,30-34,38,41,53H,4-6,8-9,11-12,14-15,17-18,20-21,23,29,35-37,39-40,42-52H2,1-3H3/b10-7-,16-13-,22-19-,26-24-,27-25-,30-28+,33-31-,34-32-,41-38-. The van der Waals surface area contributed by atoms with Crippen LogP contribution in [0.2, 0.25) is 0 Å². The zero-order chi connectivity index (χ0) is 45.1. The minimum Gasteiger partial charge on any atom is -0.462 e. The molecule has 1 atom stereocenters. The number of unbranched alkanes of at least 4 members (excludes halogenated alkanes) is 19. The molecule has 0 aromatic rings. The van der Waals surface area contributed by atoms with Crippen LogP contribution in [0.15, 0.2) is 109 Å². The first-order valence-corrected chi connectivity index (χ1v) is 25.0. The van der Waals surface area contributed by atoms with Crippen molar-refractivity contribution in [2.24, 2.45) is 0 Å². The Morgan fingerprint density at radius 1 is 0.355 bits per heavy atom. The van der Waals surface area contributed by atoms with E-state index in [0.29, 0.717) is 19.3 Å². The summed E-state index contributed by atoms with van der Waals surface area (Å²) in [5.41, 5.74) is 0. The van der Waals surface area contributed by atoms with E-state index in [1.807, 2.05) is 60.8 Å². The number of hydrogen-bond acceptors (Lipinski definition) is 6. The molecule has 0 heterocycles. The molecular formula is C56H90O6. The molecule has 6 nitrogen and oxygen atoms in total. The van der Waals surface area contributed by atoms with Gasteiger partial charge in [0.1, 0.15) is 13.2 Å². The van der Waals surface area contributed by atoms with Crippen LogP contribution in [0.3, 0.4) is 0 Å². The van der Waals surface area contributed by atoms with Crippen molar-refractivity contribution >= 4 is 17.9 Å². The summed E-state index contributed by atoms with van der Waals surface area (Å²) in [5, 5.41) is 0. The van der Waals surface area contributed by atoms with Crippen LogP contribution in [0, 0.1) is 0 Å². The van der Waals surface area contributed by atoms with Crippen LogP contribution in [-0.4, -0.2) is 37.2 Å². The van der Waals surface area contributed by atoms with Crippen LogP contribution in [-0.2, 0) is 28.6 Å². The smallest absolute Gasteiger partial charge is 0.306 e. The highest BCUT2D eigenvalue weighted by molar-refractivity contribution is 5.71. The number of rotatable bonds is 43. The fourth-order valence-corrected chi connectivity index (χ4v) is 6.43. The number of allylic oxidation sites excluding steroid dienone is 18. The Balaban J connectivity index is 4.55. The number of carbonyl (C=O) groups is 3. The molecule has 0 aromatic heterocycles. The van der Waals surface area contributed by atoms with Crippen molar-refractivity contribution in [3.05, 3.63) is 109 Å². The summed E-state index contributed by atoms with van der Waals surface area (Å²) in [6, 6.07) is 0. The lowest BCUT2D eigenvalue weighted by molar-refractivity contribution is -0.167. The fraction of sp³-hybridized carbons (Fsp3) is 0.625. The average molecular weight is 859 g/mol. The van der Waals surface area contributed by atoms with Crippen molar-refractivity contribution in [1.82, 2.24) is 0 Å². The van der Waals surface area contributed by atoms with E-state index in [4.69, 9.17) is 14.2 Å². The molecule has 0 spiro atoms. The lowest BCUT2D eigenvalue weighted by atomic mass is 10.1. The van der Waals surface area contributed by atoms with Gasteiger partial charge in [0.05, 0.1) is 0 Å². The van der Waals surface area contributed by atoms with Crippen LogP contribution >= 0.6 is 0 Å². The monoisotopic (exact) mass is 859 g/mol. The second-order valence-electron chi connectivity index (χ2n) is 16.1. The molecule has 0 N–H and O–H groups in total. The maximum atomic E-state index is 12.8. The summed E-state index contributed by atoms with van der Waals surface area (Å²) < 4.78 is 16.7. The molecule has 0 aliphatic rings. The summed E-state index contributed by atoms with van der Waals surface area (Å²) in [5.74, 6) is -1.02. The second-order valence-corrected chi connectivity index (χ2v) is 16.1. The third-order valence-electron chi connectivity index (χ3n) is 10.2. The molecule has 350 valence electrons. The molecule has 0 amide bonds. The van der Waals surface area contributed by atoms with Gasteiger partial charge < -0.3 is 14.2 Å². The minimum atomic E-state index is -0.822. The Kier molecular flexibility index (Phi) is 46.6. The molecule has 0 aliphatic carbocycles. The van der Waals surface area contributed by atoms with Crippen LogP contribution < -0.4 is 0 Å². The number of hydrogen-bond donors (Lipinski definition) is 0. The van der Waals surface area contributed by atoms with Gasteiger partial charge in [0.15, 0.2) is 6.10 Å². The maximum Gasteiger partial charge on any atom is 0.306 e. The van der Waals surface area contributed by atoms with Gasteiger partial charge >= 0.3 is 17.9 Å². The van der Waals surface area contributed by atoms with Gasteiger partial charge in [-0.2, -0.15) is 0 Å². The van der Waals surface area contributed by atoms with Gasteiger partial charge in [-0.1, -0.05) is 226 Å². The number of carbonyl (C=O) groups excluding carboxylic acids is 3. The van der Waals surface area contributed by atoms with Gasteiger partial charge in [-0.15, -0.1) is 0 Å². The molecule has 0 fully saturated rings. The van der Waals surface area contributed by atoms with Crippen molar-refractivity contribution in [1.29, 1.82) is 0 Å². The number of ether oxygens (including phenoxy) is 3. The molecular weight excluding hydrogens is 769 g/mol. The molecule has 0 bridgehead atoms. The third kappa shape index (κ3) is 47.1. The lowest BCUT2D eigenvalue weighted by Gasteiger charge is -2.18. The molecule has 6 heteroatoms. The Morgan fingerprint density at radius 3 is 1.19 bits per heavy atom. The van der Waals surface area contributed by atoms with E-state index in [0.717, 1.165) is 70.6 Å². The zero-order valence-corrected chi connectivity index (χ0v) is 39.8. The SMILES string of the molecule is CC\C=C/C=C\C=C/C=C\C=C\C=C/CCCCCC(=O)OCC(COC(=O)CCCCCCCCCCCC)OC(=O)CCC/C=C\C/C=C\C/C=C\CCCCCCCC. The molecule has 0 saturated heterocycles. The Labute approximate surface area is 380 Å². The Bertz CT molecular complexity index is 1310. The van der Waals surface area contributed by atoms with Crippen molar-refractivity contribution in [3.8, 4) is 0 Å². The van der Waals surface area contributed by atoms with E-state index >= 15 is 0 Å². The van der Waals surface area contributed by atoms with E-state index < -0.39 is 6.10 Å². The van der Waals surface area contributed by atoms with E-state index in [-0.39, 0.29) is 37.5 Å². The van der Waals surface area contributed by atoms with E-state index in [1.165, 1.54) is 89.9 Å². The summed E-state index contributed by atoms with van der Waals surface area (Å²) in [6.07, 6.45) is 66.5. The largest absolute Gasteiger partial charge is 0.462 e. The highest BCUT2D eigenvalue weighted by Crippen LogP contribution is 2.13. The molecule has 1 unspecified atom stereocenters. The molecule has 62 heavy (non-hydrogen) atoms. The van der Waals surface area contributed by atoms with Gasteiger partial charge in [0.2, 0.25) is 0 Å². The quantitative estimate of drug-likeness (QED) is 0.0200. The first kappa shape index (κ1) is 58.1. The highest BCUT2D eigenvalue weighted by atomic mass is 16.6. The summed E-state index contributed by atoms with van der Waals surface area (Å²) in [4.78, 5) is 37.9. The zero-order valence-electron chi connectivity index (χ0n) is 39.8. The van der Waals surface area contributed by atoms with Crippen molar-refractivity contribution < 1.29 is 28.6 Å². The Hall–Kier alpha value is -3.93. The van der Waals surface area contributed by atoms with Crippen molar-refractivity contribution in [2.45, 2.75) is 213 Å². The second kappa shape index (κ2) is 49.7. The maximum absolute atomic E-state index is 12.8. The molecule has 0 aliphatic heterocycles. The normalized spacial score (nSPS) is 13.0. The van der Waals surface area contributed by atoms with E-state index in [2.05, 4.69) is 69.4 Å².